The first-order valence-corrected chi connectivity index (χ1v) is 5.92. The monoisotopic (exact) mass is 308 g/mol. The molecule has 0 amide bonds. The largest absolute Gasteiger partial charge is 0.379 e. The molecule has 7 N–H and O–H groups in total. The van der Waals surface area contributed by atoms with Gasteiger partial charge < -0.3 is 40.4 Å². The molecule has 0 spiro atoms. The molecule has 0 unspecified atom stereocenters. The van der Waals surface area contributed by atoms with Gasteiger partial charge in [0.15, 0.2) is 5.84 Å². The molecule has 0 radical (unpaired) electrons. The lowest BCUT2D eigenvalue weighted by Gasteiger charge is -2.37. The van der Waals surface area contributed by atoms with E-state index in [4.69, 9.17) is 30.6 Å². The lowest BCUT2D eigenvalue weighted by molar-refractivity contribution is -0.157. The second kappa shape index (κ2) is 8.58. The average molecular weight is 308 g/mol. The first-order valence-electron chi connectivity index (χ1n) is 5.92. The Kier molecular flexibility index (Phi) is 7.10. The van der Waals surface area contributed by atoms with Crippen molar-refractivity contribution in [3.63, 3.8) is 0 Å². The van der Waals surface area contributed by atoms with E-state index in [1.54, 1.807) is 0 Å². The van der Waals surface area contributed by atoms with Crippen molar-refractivity contribution in [1.29, 1.82) is 0 Å². The van der Waals surface area contributed by atoms with E-state index in [2.05, 4.69) is 10.5 Å². The van der Waals surface area contributed by atoms with Crippen molar-refractivity contribution in [3.05, 3.63) is 11.9 Å². The standard InChI is InChI=1S/C9H20N6O6/c16-2-12(3-17)8-1-9(13(4-18)5-19)11-15(10-8)14(6-20)7-21/h1,10,16-21H,2-7H2. The number of hydrazone groups is 1. The molecule has 1 rings (SSSR count). The summed E-state index contributed by atoms with van der Waals surface area (Å²) in [5.41, 5.74) is 2.62. The Morgan fingerprint density at radius 2 is 1.38 bits per heavy atom. The molecule has 12 heteroatoms. The van der Waals surface area contributed by atoms with Crippen LogP contribution in [0.5, 0.6) is 0 Å². The van der Waals surface area contributed by atoms with Crippen molar-refractivity contribution in [2.24, 2.45) is 5.10 Å². The van der Waals surface area contributed by atoms with Gasteiger partial charge in [-0.1, -0.05) is 0 Å². The first-order chi connectivity index (χ1) is 10.1. The third-order valence-corrected chi connectivity index (χ3v) is 2.62. The minimum Gasteiger partial charge on any atom is -0.379 e. The smallest absolute Gasteiger partial charge is 0.159 e. The van der Waals surface area contributed by atoms with Crippen LogP contribution < -0.4 is 5.43 Å². The molecule has 0 bridgehead atoms. The van der Waals surface area contributed by atoms with Gasteiger partial charge in [-0.2, -0.15) is 0 Å². The molecular formula is C9H20N6O6. The fourth-order valence-corrected chi connectivity index (χ4v) is 1.41. The summed E-state index contributed by atoms with van der Waals surface area (Å²) in [6.45, 7) is -3.28. The average Bonchev–Trinajstić information content (AvgIpc) is 2.51. The van der Waals surface area contributed by atoms with E-state index >= 15 is 0 Å². The number of hydrogen-bond acceptors (Lipinski definition) is 12. The number of amidine groups is 1. The molecular weight excluding hydrogens is 288 g/mol. The fourth-order valence-electron chi connectivity index (χ4n) is 1.41. The number of hydrazine groups is 2. The van der Waals surface area contributed by atoms with E-state index in [1.165, 1.54) is 6.08 Å². The maximum Gasteiger partial charge on any atom is 0.159 e. The third kappa shape index (κ3) is 4.15. The summed E-state index contributed by atoms with van der Waals surface area (Å²) in [7, 11) is 0. The van der Waals surface area contributed by atoms with E-state index in [1.807, 2.05) is 0 Å². The number of aliphatic hydroxyl groups is 6. The normalized spacial score (nSPS) is 14.7. The van der Waals surface area contributed by atoms with Gasteiger partial charge in [-0.25, -0.2) is 0 Å². The minimum atomic E-state index is -0.579. The quantitative estimate of drug-likeness (QED) is 0.217. The number of nitrogens with zero attached hydrogens (tertiary/aromatic N) is 5. The predicted molar refractivity (Wildman–Crippen MR) is 68.5 cm³/mol. The van der Waals surface area contributed by atoms with Crippen LogP contribution in [0.1, 0.15) is 0 Å². The van der Waals surface area contributed by atoms with Crippen molar-refractivity contribution >= 4 is 5.84 Å². The van der Waals surface area contributed by atoms with Crippen molar-refractivity contribution in [3.8, 4) is 0 Å². The molecule has 0 aliphatic carbocycles. The van der Waals surface area contributed by atoms with Gasteiger partial charge in [0, 0.05) is 6.08 Å². The van der Waals surface area contributed by atoms with Gasteiger partial charge in [0.05, 0.1) is 0 Å². The molecule has 1 aliphatic rings. The van der Waals surface area contributed by atoms with Crippen LogP contribution in [0.25, 0.3) is 0 Å². The van der Waals surface area contributed by atoms with E-state index < -0.39 is 40.4 Å². The summed E-state index contributed by atoms with van der Waals surface area (Å²) in [4.78, 5) is 2.16. The molecule has 0 aromatic carbocycles. The molecule has 1 heterocycles. The molecule has 0 aromatic heterocycles. The van der Waals surface area contributed by atoms with Gasteiger partial charge in [0.2, 0.25) is 0 Å². The molecule has 0 saturated heterocycles. The van der Waals surface area contributed by atoms with Crippen molar-refractivity contribution in [2.75, 3.05) is 40.4 Å². The highest BCUT2D eigenvalue weighted by molar-refractivity contribution is 5.93. The van der Waals surface area contributed by atoms with Crippen LogP contribution in [0.3, 0.4) is 0 Å². The van der Waals surface area contributed by atoms with Crippen LogP contribution in [0.2, 0.25) is 0 Å². The maximum absolute atomic E-state index is 9.16. The van der Waals surface area contributed by atoms with Gasteiger partial charge in [-0.05, 0) is 0 Å². The zero-order chi connectivity index (χ0) is 15.8. The van der Waals surface area contributed by atoms with Crippen LogP contribution >= 0.6 is 0 Å². The summed E-state index contributed by atoms with van der Waals surface area (Å²) < 4.78 is 0. The summed E-state index contributed by atoms with van der Waals surface area (Å²) >= 11 is 0. The van der Waals surface area contributed by atoms with Gasteiger partial charge in [-0.15, -0.1) is 15.3 Å². The van der Waals surface area contributed by atoms with Crippen LogP contribution in [-0.4, -0.2) is 96.9 Å². The van der Waals surface area contributed by atoms with Crippen molar-refractivity contribution < 1.29 is 30.6 Å². The molecule has 0 aromatic rings. The van der Waals surface area contributed by atoms with Crippen LogP contribution in [0.15, 0.2) is 17.0 Å². The molecule has 1 aliphatic heterocycles. The highest BCUT2D eigenvalue weighted by Crippen LogP contribution is 2.11. The number of rotatable bonds is 8. The Morgan fingerprint density at radius 3 is 1.81 bits per heavy atom. The van der Waals surface area contributed by atoms with Crippen molar-refractivity contribution in [1.82, 2.24) is 25.5 Å². The minimum absolute atomic E-state index is 0.0764. The van der Waals surface area contributed by atoms with Crippen LogP contribution in [-0.2, 0) is 0 Å². The lowest BCUT2D eigenvalue weighted by atomic mass is 10.4. The Hall–Kier alpha value is -1.67. The second-order valence-electron chi connectivity index (χ2n) is 3.82. The first kappa shape index (κ1) is 17.4. The molecule has 21 heavy (non-hydrogen) atoms. The molecule has 122 valence electrons. The van der Waals surface area contributed by atoms with E-state index in [0.29, 0.717) is 0 Å². The Morgan fingerprint density at radius 1 is 0.857 bits per heavy atom. The van der Waals surface area contributed by atoms with Gasteiger partial charge in [0.25, 0.3) is 0 Å². The maximum atomic E-state index is 9.16. The lowest BCUT2D eigenvalue weighted by Crippen LogP contribution is -2.54. The summed E-state index contributed by atoms with van der Waals surface area (Å²) in [5, 5.41) is 60.7. The molecule has 0 saturated carbocycles. The van der Waals surface area contributed by atoms with Gasteiger partial charge >= 0.3 is 0 Å². The Bertz CT molecular complexity index is 368. The molecule has 0 atom stereocenters. The van der Waals surface area contributed by atoms with Crippen LogP contribution in [0, 0.1) is 0 Å². The third-order valence-electron chi connectivity index (χ3n) is 2.62. The number of nitrogens with one attached hydrogen (secondary N) is 1. The molecule has 12 nitrogen and oxygen atoms in total. The highest BCUT2D eigenvalue weighted by Gasteiger charge is 2.23. The number of hydrogen-bond donors (Lipinski definition) is 7. The van der Waals surface area contributed by atoms with Gasteiger partial charge in [0.1, 0.15) is 46.2 Å². The van der Waals surface area contributed by atoms with E-state index in [0.717, 1.165) is 20.0 Å². The predicted octanol–water partition coefficient (Wildman–Crippen LogP) is -4.52. The van der Waals surface area contributed by atoms with E-state index in [9.17, 15) is 0 Å². The summed E-state index contributed by atoms with van der Waals surface area (Å²) in [5.74, 6) is 0.247. The van der Waals surface area contributed by atoms with Gasteiger partial charge in [-0.3, -0.25) is 5.43 Å². The summed E-state index contributed by atoms with van der Waals surface area (Å²) in [6.07, 6.45) is 1.35. The SMILES string of the molecule is OCN(CO)C1=CC(N(CO)CO)=NN(N(CO)CO)N1. The number of aliphatic hydroxyl groups excluding tert-OH is 6. The van der Waals surface area contributed by atoms with Crippen LogP contribution in [0.4, 0.5) is 0 Å². The summed E-state index contributed by atoms with van der Waals surface area (Å²) in [6, 6.07) is 0. The zero-order valence-corrected chi connectivity index (χ0v) is 11.2. The second-order valence-corrected chi connectivity index (χ2v) is 3.82. The fraction of sp³-hybridized carbons (Fsp3) is 0.667. The van der Waals surface area contributed by atoms with E-state index in [-0.39, 0.29) is 11.7 Å². The topological polar surface area (TPSA) is 159 Å². The molecule has 0 fully saturated rings. The Labute approximate surface area is 120 Å². The Balaban J connectivity index is 3.08. The highest BCUT2D eigenvalue weighted by atomic mass is 16.3. The van der Waals surface area contributed by atoms with Crippen molar-refractivity contribution in [2.45, 2.75) is 0 Å². The zero-order valence-electron chi connectivity index (χ0n) is 11.2.